The predicted octanol–water partition coefficient (Wildman–Crippen LogP) is 3.67. The van der Waals surface area contributed by atoms with Crippen LogP contribution >= 0.6 is 11.6 Å². The Hall–Kier alpha value is -1.35. The Morgan fingerprint density at radius 1 is 1.50 bits per heavy atom. The number of halogens is 1. The molecule has 0 saturated heterocycles. The molecule has 74 valence electrons. The van der Waals surface area contributed by atoms with Gasteiger partial charge in [-0.15, -0.1) is 0 Å². The third kappa shape index (κ3) is 2.57. The smallest absolute Gasteiger partial charge is 0.258 e. The molecule has 0 spiro atoms. The SMILES string of the molecule is CC(C)=Cc1cc([N+](=O)[O-])ccc1Cl. The van der Waals surface area contributed by atoms with Crippen LogP contribution in [0.3, 0.4) is 0 Å². The lowest BCUT2D eigenvalue weighted by Crippen LogP contribution is -1.88. The molecule has 0 atom stereocenters. The molecule has 0 N–H and O–H groups in total. The van der Waals surface area contributed by atoms with E-state index in [1.807, 2.05) is 19.9 Å². The summed E-state index contributed by atoms with van der Waals surface area (Å²) < 4.78 is 0. The minimum Gasteiger partial charge on any atom is -0.258 e. The maximum absolute atomic E-state index is 10.5. The van der Waals surface area contributed by atoms with Gasteiger partial charge in [0.2, 0.25) is 0 Å². The van der Waals surface area contributed by atoms with Crippen molar-refractivity contribution in [1.29, 1.82) is 0 Å². The standard InChI is InChI=1S/C10H10ClNO2/c1-7(2)5-8-6-9(12(13)14)3-4-10(8)11/h3-6H,1-2H3. The van der Waals surface area contributed by atoms with E-state index in [0.29, 0.717) is 10.6 Å². The maximum Gasteiger partial charge on any atom is 0.270 e. The van der Waals surface area contributed by atoms with Crippen LogP contribution < -0.4 is 0 Å². The lowest BCUT2D eigenvalue weighted by atomic mass is 10.1. The number of nitro groups is 1. The average molecular weight is 212 g/mol. The quantitative estimate of drug-likeness (QED) is 0.553. The number of hydrogen-bond donors (Lipinski definition) is 0. The van der Waals surface area contributed by atoms with Gasteiger partial charge in [0.25, 0.3) is 5.69 Å². The number of hydrogen-bond acceptors (Lipinski definition) is 2. The summed E-state index contributed by atoms with van der Waals surface area (Å²) >= 11 is 5.88. The molecule has 0 aliphatic carbocycles. The second-order valence-electron chi connectivity index (χ2n) is 3.18. The van der Waals surface area contributed by atoms with Gasteiger partial charge < -0.3 is 0 Å². The Balaban J connectivity index is 3.22. The van der Waals surface area contributed by atoms with Crippen LogP contribution in [0.4, 0.5) is 5.69 Å². The fraction of sp³-hybridized carbons (Fsp3) is 0.200. The molecule has 14 heavy (non-hydrogen) atoms. The van der Waals surface area contributed by atoms with Crippen molar-refractivity contribution in [3.8, 4) is 0 Å². The third-order valence-corrected chi connectivity index (χ3v) is 1.98. The van der Waals surface area contributed by atoms with Gasteiger partial charge in [0.15, 0.2) is 0 Å². The van der Waals surface area contributed by atoms with Crippen LogP contribution in [0.15, 0.2) is 23.8 Å². The molecule has 4 heteroatoms. The van der Waals surface area contributed by atoms with Crippen molar-refractivity contribution >= 4 is 23.4 Å². The molecule has 0 bridgehead atoms. The zero-order valence-corrected chi connectivity index (χ0v) is 8.71. The van der Waals surface area contributed by atoms with E-state index in [1.54, 1.807) is 0 Å². The van der Waals surface area contributed by atoms with Crippen LogP contribution in [0, 0.1) is 10.1 Å². The fourth-order valence-electron chi connectivity index (χ4n) is 1.07. The highest BCUT2D eigenvalue weighted by molar-refractivity contribution is 6.32. The zero-order chi connectivity index (χ0) is 10.7. The van der Waals surface area contributed by atoms with E-state index in [-0.39, 0.29) is 5.69 Å². The molecule has 0 unspecified atom stereocenters. The molecule has 0 amide bonds. The van der Waals surface area contributed by atoms with Crippen molar-refractivity contribution in [3.05, 3.63) is 44.5 Å². The van der Waals surface area contributed by atoms with Gasteiger partial charge in [0.05, 0.1) is 4.92 Å². The second-order valence-corrected chi connectivity index (χ2v) is 3.59. The highest BCUT2D eigenvalue weighted by Gasteiger charge is 2.07. The van der Waals surface area contributed by atoms with Crippen LogP contribution in [0.2, 0.25) is 5.02 Å². The molecule has 0 saturated carbocycles. The van der Waals surface area contributed by atoms with Gasteiger partial charge >= 0.3 is 0 Å². The van der Waals surface area contributed by atoms with Crippen LogP contribution in [0.1, 0.15) is 19.4 Å². The highest BCUT2D eigenvalue weighted by atomic mass is 35.5. The minimum atomic E-state index is -0.432. The number of rotatable bonds is 2. The van der Waals surface area contributed by atoms with Crippen molar-refractivity contribution in [1.82, 2.24) is 0 Å². The zero-order valence-electron chi connectivity index (χ0n) is 7.95. The van der Waals surface area contributed by atoms with E-state index in [4.69, 9.17) is 11.6 Å². The summed E-state index contributed by atoms with van der Waals surface area (Å²) in [6.07, 6.45) is 1.81. The normalized spacial score (nSPS) is 9.64. The summed E-state index contributed by atoms with van der Waals surface area (Å²) in [7, 11) is 0. The fourth-order valence-corrected chi connectivity index (χ4v) is 1.24. The molecular formula is C10H10ClNO2. The van der Waals surface area contributed by atoms with Crippen molar-refractivity contribution in [2.75, 3.05) is 0 Å². The van der Waals surface area contributed by atoms with Crippen molar-refractivity contribution < 1.29 is 4.92 Å². The molecule has 0 aromatic heterocycles. The second kappa shape index (κ2) is 4.24. The molecule has 0 heterocycles. The first-order valence-electron chi connectivity index (χ1n) is 4.09. The van der Waals surface area contributed by atoms with Gasteiger partial charge in [-0.05, 0) is 25.5 Å². The van der Waals surface area contributed by atoms with Crippen LogP contribution in [-0.2, 0) is 0 Å². The number of benzene rings is 1. The topological polar surface area (TPSA) is 43.1 Å². The Morgan fingerprint density at radius 3 is 2.64 bits per heavy atom. The summed E-state index contributed by atoms with van der Waals surface area (Å²) in [6, 6.07) is 4.40. The van der Waals surface area contributed by atoms with Crippen molar-refractivity contribution in [3.63, 3.8) is 0 Å². The summed E-state index contributed by atoms with van der Waals surface area (Å²) in [5, 5.41) is 11.0. The Bertz CT molecular complexity index is 395. The largest absolute Gasteiger partial charge is 0.270 e. The number of nitrogens with zero attached hydrogens (tertiary/aromatic N) is 1. The molecule has 3 nitrogen and oxygen atoms in total. The number of allylic oxidation sites excluding steroid dienone is 1. The first-order valence-corrected chi connectivity index (χ1v) is 4.47. The maximum atomic E-state index is 10.5. The molecule has 0 aliphatic rings. The summed E-state index contributed by atoms with van der Waals surface area (Å²) in [5.74, 6) is 0. The van der Waals surface area contributed by atoms with Gasteiger partial charge in [0.1, 0.15) is 0 Å². The first-order chi connectivity index (χ1) is 6.50. The Labute approximate surface area is 87.2 Å². The Morgan fingerprint density at radius 2 is 2.14 bits per heavy atom. The van der Waals surface area contributed by atoms with Crippen molar-refractivity contribution in [2.45, 2.75) is 13.8 Å². The summed E-state index contributed by atoms with van der Waals surface area (Å²) in [6.45, 7) is 3.82. The van der Waals surface area contributed by atoms with Crippen molar-refractivity contribution in [2.24, 2.45) is 0 Å². The molecule has 0 aliphatic heterocycles. The molecule has 1 aromatic carbocycles. The molecule has 1 rings (SSSR count). The Kier molecular flexibility index (Phi) is 3.25. The van der Waals surface area contributed by atoms with Gasteiger partial charge in [-0.3, -0.25) is 10.1 Å². The molecule has 1 aromatic rings. The van der Waals surface area contributed by atoms with E-state index in [0.717, 1.165) is 5.57 Å². The monoisotopic (exact) mass is 211 g/mol. The summed E-state index contributed by atoms with van der Waals surface area (Å²) in [4.78, 5) is 10.1. The van der Waals surface area contributed by atoms with Crippen LogP contribution in [0.5, 0.6) is 0 Å². The average Bonchev–Trinajstić information content (AvgIpc) is 2.07. The van der Waals surface area contributed by atoms with Gasteiger partial charge in [-0.2, -0.15) is 0 Å². The van der Waals surface area contributed by atoms with Gasteiger partial charge in [0, 0.05) is 17.2 Å². The summed E-state index contributed by atoms with van der Waals surface area (Å²) in [5.41, 5.74) is 1.79. The van der Waals surface area contributed by atoms with Gasteiger partial charge in [-0.1, -0.05) is 23.3 Å². The third-order valence-electron chi connectivity index (χ3n) is 1.63. The number of nitro benzene ring substituents is 1. The predicted molar refractivity (Wildman–Crippen MR) is 57.4 cm³/mol. The molecule has 0 radical (unpaired) electrons. The number of non-ortho nitro benzene ring substituents is 1. The van der Waals surface area contributed by atoms with E-state index >= 15 is 0 Å². The molecule has 0 fully saturated rings. The highest BCUT2D eigenvalue weighted by Crippen LogP contribution is 2.23. The first kappa shape index (κ1) is 10.7. The van der Waals surface area contributed by atoms with Crippen LogP contribution in [0.25, 0.3) is 6.08 Å². The lowest BCUT2D eigenvalue weighted by Gasteiger charge is -1.99. The van der Waals surface area contributed by atoms with E-state index in [1.165, 1.54) is 18.2 Å². The van der Waals surface area contributed by atoms with E-state index in [9.17, 15) is 10.1 Å². The minimum absolute atomic E-state index is 0.0573. The van der Waals surface area contributed by atoms with E-state index < -0.39 is 4.92 Å². The van der Waals surface area contributed by atoms with Gasteiger partial charge in [-0.25, -0.2) is 0 Å². The molecular weight excluding hydrogens is 202 g/mol. The van der Waals surface area contributed by atoms with Crippen LogP contribution in [-0.4, -0.2) is 4.92 Å². The lowest BCUT2D eigenvalue weighted by molar-refractivity contribution is -0.384. The van der Waals surface area contributed by atoms with E-state index in [2.05, 4.69) is 0 Å².